The minimum absolute atomic E-state index is 0.0387. The van der Waals surface area contributed by atoms with Gasteiger partial charge >= 0.3 is 0 Å². The van der Waals surface area contributed by atoms with Crippen molar-refractivity contribution in [1.82, 2.24) is 0 Å². The fourth-order valence-corrected chi connectivity index (χ4v) is 2.46. The van der Waals surface area contributed by atoms with Gasteiger partial charge in [-0.1, -0.05) is 25.4 Å². The lowest BCUT2D eigenvalue weighted by atomic mass is 10.1. The summed E-state index contributed by atoms with van der Waals surface area (Å²) in [5.41, 5.74) is 0.382. The van der Waals surface area contributed by atoms with Crippen LogP contribution in [0.4, 0.5) is 4.39 Å². The summed E-state index contributed by atoms with van der Waals surface area (Å²) < 4.78 is 13.4. The molecule has 4 heteroatoms. The average Bonchev–Trinajstić information content (AvgIpc) is 2.23. The fraction of sp³-hybridized carbons (Fsp3) is 0.462. The molecule has 1 aromatic rings. The van der Waals surface area contributed by atoms with Crippen molar-refractivity contribution in [2.24, 2.45) is 5.92 Å². The van der Waals surface area contributed by atoms with E-state index in [1.807, 2.05) is 0 Å². The van der Waals surface area contributed by atoms with E-state index in [1.165, 1.54) is 18.2 Å². The molecule has 0 unspecified atom stereocenters. The van der Waals surface area contributed by atoms with Gasteiger partial charge in [-0.2, -0.15) is 11.8 Å². The van der Waals surface area contributed by atoms with E-state index in [9.17, 15) is 9.18 Å². The standard InChI is InChI=1S/C13H16ClFOS/c1-9(2)7-17-8-12(16)6-10-5-11(14)3-4-13(10)15/h3-5,9H,6-8H2,1-2H3. The Labute approximate surface area is 111 Å². The first-order valence-electron chi connectivity index (χ1n) is 5.52. The Morgan fingerprint density at radius 2 is 2.18 bits per heavy atom. The van der Waals surface area contributed by atoms with Gasteiger partial charge in [-0.3, -0.25) is 4.79 Å². The SMILES string of the molecule is CC(C)CSCC(=O)Cc1cc(Cl)ccc1F. The third-order valence-electron chi connectivity index (χ3n) is 2.11. The number of thioether (sulfide) groups is 1. The number of benzene rings is 1. The van der Waals surface area contributed by atoms with E-state index in [4.69, 9.17) is 11.6 Å². The van der Waals surface area contributed by atoms with Crippen LogP contribution in [0.2, 0.25) is 5.02 Å². The Morgan fingerprint density at radius 3 is 2.82 bits per heavy atom. The number of ketones is 1. The first-order valence-corrected chi connectivity index (χ1v) is 7.05. The predicted octanol–water partition coefficient (Wildman–Crippen LogP) is 3.98. The number of hydrogen-bond donors (Lipinski definition) is 0. The summed E-state index contributed by atoms with van der Waals surface area (Å²) >= 11 is 7.36. The second kappa shape index (κ2) is 7.02. The normalized spacial score (nSPS) is 10.9. The second-order valence-electron chi connectivity index (χ2n) is 4.36. The number of carbonyl (C=O) groups is 1. The monoisotopic (exact) mass is 274 g/mol. The highest BCUT2D eigenvalue weighted by molar-refractivity contribution is 7.99. The molecule has 0 fully saturated rings. The molecule has 0 amide bonds. The van der Waals surface area contributed by atoms with Crippen molar-refractivity contribution >= 4 is 29.1 Å². The van der Waals surface area contributed by atoms with E-state index >= 15 is 0 Å². The third kappa shape index (κ3) is 5.55. The maximum Gasteiger partial charge on any atom is 0.147 e. The number of carbonyl (C=O) groups excluding carboxylic acids is 1. The van der Waals surface area contributed by atoms with Crippen LogP contribution in [0, 0.1) is 11.7 Å². The maximum atomic E-state index is 13.4. The van der Waals surface area contributed by atoms with Gasteiger partial charge in [0.05, 0.1) is 5.75 Å². The van der Waals surface area contributed by atoms with E-state index in [1.54, 1.807) is 11.8 Å². The van der Waals surface area contributed by atoms with Crippen LogP contribution < -0.4 is 0 Å². The Kier molecular flexibility index (Phi) is 6.00. The highest BCUT2D eigenvalue weighted by atomic mass is 35.5. The first kappa shape index (κ1) is 14.5. The maximum absolute atomic E-state index is 13.4. The van der Waals surface area contributed by atoms with Gasteiger partial charge < -0.3 is 0 Å². The van der Waals surface area contributed by atoms with E-state index < -0.39 is 0 Å². The lowest BCUT2D eigenvalue weighted by Crippen LogP contribution is -2.08. The van der Waals surface area contributed by atoms with Gasteiger partial charge in [-0.25, -0.2) is 4.39 Å². The molecule has 94 valence electrons. The summed E-state index contributed by atoms with van der Waals surface area (Å²) in [7, 11) is 0. The Bertz CT molecular complexity index is 393. The molecule has 1 rings (SSSR count). The lowest BCUT2D eigenvalue weighted by Gasteiger charge is -2.05. The van der Waals surface area contributed by atoms with Crippen molar-refractivity contribution in [3.63, 3.8) is 0 Å². The highest BCUT2D eigenvalue weighted by Crippen LogP contribution is 2.16. The molecule has 1 nitrogen and oxygen atoms in total. The highest BCUT2D eigenvalue weighted by Gasteiger charge is 2.09. The zero-order chi connectivity index (χ0) is 12.8. The van der Waals surface area contributed by atoms with E-state index in [0.717, 1.165) is 5.75 Å². The van der Waals surface area contributed by atoms with Gasteiger partial charge in [0.15, 0.2) is 0 Å². The smallest absolute Gasteiger partial charge is 0.147 e. The van der Waals surface area contributed by atoms with Crippen LogP contribution in [0.25, 0.3) is 0 Å². The molecule has 0 heterocycles. The number of hydrogen-bond acceptors (Lipinski definition) is 2. The fourth-order valence-electron chi connectivity index (χ4n) is 1.35. The Morgan fingerprint density at radius 1 is 1.47 bits per heavy atom. The number of halogens is 2. The molecular weight excluding hydrogens is 259 g/mol. The predicted molar refractivity (Wildman–Crippen MR) is 72.3 cm³/mol. The molecule has 0 aromatic heterocycles. The third-order valence-corrected chi connectivity index (χ3v) is 3.77. The van der Waals surface area contributed by atoms with Crippen LogP contribution in [0.15, 0.2) is 18.2 Å². The first-order chi connectivity index (χ1) is 7.99. The zero-order valence-corrected chi connectivity index (χ0v) is 11.6. The molecule has 0 saturated carbocycles. The molecule has 0 saturated heterocycles. The molecule has 1 aromatic carbocycles. The lowest BCUT2D eigenvalue weighted by molar-refractivity contribution is -0.116. The summed E-state index contributed by atoms with van der Waals surface area (Å²) in [6.07, 6.45) is 0.123. The van der Waals surface area contributed by atoms with Crippen LogP contribution in [-0.4, -0.2) is 17.3 Å². The summed E-state index contributed by atoms with van der Waals surface area (Å²) in [5, 5.41) is 0.462. The van der Waals surface area contributed by atoms with Crippen molar-refractivity contribution in [1.29, 1.82) is 0 Å². The second-order valence-corrected chi connectivity index (χ2v) is 5.83. The molecule has 0 atom stereocenters. The van der Waals surface area contributed by atoms with Crippen LogP contribution >= 0.6 is 23.4 Å². The van der Waals surface area contributed by atoms with Crippen molar-refractivity contribution in [3.8, 4) is 0 Å². The molecule has 0 aliphatic heterocycles. The molecule has 0 aliphatic rings. The van der Waals surface area contributed by atoms with Crippen LogP contribution in [0.5, 0.6) is 0 Å². The van der Waals surface area contributed by atoms with Gasteiger partial charge in [0.25, 0.3) is 0 Å². The summed E-state index contributed by atoms with van der Waals surface area (Å²) in [4.78, 5) is 11.6. The van der Waals surface area contributed by atoms with Gasteiger partial charge in [-0.05, 0) is 35.4 Å². The van der Waals surface area contributed by atoms with Crippen molar-refractivity contribution in [3.05, 3.63) is 34.6 Å². The molecular formula is C13H16ClFOS. The van der Waals surface area contributed by atoms with Crippen LogP contribution in [0.3, 0.4) is 0 Å². The molecule has 0 radical (unpaired) electrons. The van der Waals surface area contributed by atoms with E-state index in [0.29, 0.717) is 22.3 Å². The van der Waals surface area contributed by atoms with Gasteiger partial charge in [-0.15, -0.1) is 0 Å². The Balaban J connectivity index is 2.47. The average molecular weight is 275 g/mol. The van der Waals surface area contributed by atoms with Gasteiger partial charge in [0, 0.05) is 11.4 Å². The summed E-state index contributed by atoms with van der Waals surface area (Å²) in [6, 6.07) is 4.30. The van der Waals surface area contributed by atoms with Crippen LogP contribution in [-0.2, 0) is 11.2 Å². The van der Waals surface area contributed by atoms with Crippen molar-refractivity contribution < 1.29 is 9.18 Å². The van der Waals surface area contributed by atoms with Crippen molar-refractivity contribution in [2.75, 3.05) is 11.5 Å². The Hall–Kier alpha value is -0.540. The van der Waals surface area contributed by atoms with E-state index in [2.05, 4.69) is 13.8 Å². The van der Waals surface area contributed by atoms with Crippen LogP contribution in [0.1, 0.15) is 19.4 Å². The number of Topliss-reactive ketones (excluding diaryl/α,β-unsaturated/α-hetero) is 1. The minimum Gasteiger partial charge on any atom is -0.298 e. The minimum atomic E-state index is -0.364. The van der Waals surface area contributed by atoms with E-state index in [-0.39, 0.29) is 18.0 Å². The van der Waals surface area contributed by atoms with Crippen molar-refractivity contribution in [2.45, 2.75) is 20.3 Å². The molecule has 0 aliphatic carbocycles. The quantitative estimate of drug-likeness (QED) is 0.780. The van der Waals surface area contributed by atoms with Gasteiger partial charge in [0.1, 0.15) is 11.6 Å². The summed E-state index contributed by atoms with van der Waals surface area (Å²) in [5.74, 6) is 1.62. The largest absolute Gasteiger partial charge is 0.298 e. The summed E-state index contributed by atoms with van der Waals surface area (Å²) in [6.45, 7) is 4.21. The number of rotatable bonds is 6. The topological polar surface area (TPSA) is 17.1 Å². The zero-order valence-electron chi connectivity index (χ0n) is 10.0. The molecule has 0 bridgehead atoms. The molecule has 0 N–H and O–H groups in total. The molecule has 0 spiro atoms. The van der Waals surface area contributed by atoms with Gasteiger partial charge in [0.2, 0.25) is 0 Å². The molecule has 17 heavy (non-hydrogen) atoms.